The number of aliphatic hydroxyl groups is 1. The number of nitrogens with one attached hydrogen (secondary N) is 2. The Bertz CT molecular complexity index is 488. The molecule has 1 fully saturated rings. The number of carbonyl (C=O) groups is 1. The van der Waals surface area contributed by atoms with Gasteiger partial charge in [-0.25, -0.2) is 9.18 Å². The third-order valence-corrected chi connectivity index (χ3v) is 3.70. The van der Waals surface area contributed by atoms with Gasteiger partial charge in [-0.05, 0) is 43.4 Å². The van der Waals surface area contributed by atoms with E-state index in [1.54, 1.807) is 6.07 Å². The van der Waals surface area contributed by atoms with Crippen LogP contribution < -0.4 is 15.4 Å². The molecule has 1 aromatic carbocycles. The fourth-order valence-corrected chi connectivity index (χ4v) is 2.46. The summed E-state index contributed by atoms with van der Waals surface area (Å²) in [7, 11) is 1.41. The number of hydrogen-bond acceptors (Lipinski definition) is 3. The first kappa shape index (κ1) is 15.6. The van der Waals surface area contributed by atoms with Crippen molar-refractivity contribution in [1.29, 1.82) is 0 Å². The zero-order valence-corrected chi connectivity index (χ0v) is 12.1. The number of halogens is 1. The van der Waals surface area contributed by atoms with Gasteiger partial charge in [-0.1, -0.05) is 6.07 Å². The van der Waals surface area contributed by atoms with Crippen LogP contribution in [0.5, 0.6) is 5.75 Å². The minimum absolute atomic E-state index is 0.0982. The van der Waals surface area contributed by atoms with Gasteiger partial charge >= 0.3 is 6.03 Å². The fraction of sp³-hybridized carbons (Fsp3) is 0.533. The van der Waals surface area contributed by atoms with E-state index in [0.29, 0.717) is 18.4 Å². The van der Waals surface area contributed by atoms with E-state index in [4.69, 9.17) is 4.74 Å². The molecule has 0 radical (unpaired) electrons. The van der Waals surface area contributed by atoms with E-state index < -0.39 is 5.82 Å². The number of amides is 2. The third kappa shape index (κ3) is 4.60. The summed E-state index contributed by atoms with van der Waals surface area (Å²) in [5, 5.41) is 15.0. The Morgan fingerprint density at radius 3 is 2.71 bits per heavy atom. The Hall–Kier alpha value is -1.82. The number of hydrogen-bond donors (Lipinski definition) is 3. The van der Waals surface area contributed by atoms with Crippen LogP contribution in [0.1, 0.15) is 31.2 Å². The summed E-state index contributed by atoms with van der Waals surface area (Å²) in [6.45, 7) is 0.252. The van der Waals surface area contributed by atoms with E-state index in [1.165, 1.54) is 19.2 Å². The van der Waals surface area contributed by atoms with E-state index in [1.807, 2.05) is 0 Å². The fourth-order valence-electron chi connectivity index (χ4n) is 2.46. The average molecular weight is 296 g/mol. The van der Waals surface area contributed by atoms with Crippen molar-refractivity contribution in [2.24, 2.45) is 0 Å². The highest BCUT2D eigenvalue weighted by atomic mass is 19.1. The van der Waals surface area contributed by atoms with E-state index >= 15 is 0 Å². The smallest absolute Gasteiger partial charge is 0.315 e. The van der Waals surface area contributed by atoms with Crippen molar-refractivity contribution in [2.75, 3.05) is 7.11 Å². The predicted molar refractivity (Wildman–Crippen MR) is 76.6 cm³/mol. The topological polar surface area (TPSA) is 70.6 Å². The lowest BCUT2D eigenvalue weighted by atomic mass is 9.93. The number of benzene rings is 1. The molecule has 1 aromatic rings. The van der Waals surface area contributed by atoms with Crippen LogP contribution in [-0.2, 0) is 6.54 Å². The number of carbonyl (C=O) groups excluding carboxylic acids is 1. The zero-order valence-electron chi connectivity index (χ0n) is 12.1. The second kappa shape index (κ2) is 7.26. The SMILES string of the molecule is COc1ccc(CNC(=O)NC2CCC(O)CC2)cc1F. The molecule has 116 valence electrons. The third-order valence-electron chi connectivity index (χ3n) is 3.70. The molecule has 0 aromatic heterocycles. The summed E-state index contributed by atoms with van der Waals surface area (Å²) in [5.41, 5.74) is 0.669. The molecular weight excluding hydrogens is 275 g/mol. The molecule has 0 aliphatic heterocycles. The number of aliphatic hydroxyl groups excluding tert-OH is 1. The quantitative estimate of drug-likeness (QED) is 0.795. The maximum absolute atomic E-state index is 13.5. The first-order valence-corrected chi connectivity index (χ1v) is 7.13. The average Bonchev–Trinajstić information content (AvgIpc) is 2.48. The molecule has 0 saturated heterocycles. The van der Waals surface area contributed by atoms with E-state index in [0.717, 1.165) is 12.8 Å². The monoisotopic (exact) mass is 296 g/mol. The lowest BCUT2D eigenvalue weighted by Gasteiger charge is -2.26. The van der Waals surface area contributed by atoms with Gasteiger partial charge in [-0.15, -0.1) is 0 Å². The predicted octanol–water partition coefficient (Wildman–Crippen LogP) is 1.94. The van der Waals surface area contributed by atoms with Gasteiger partial charge in [-0.2, -0.15) is 0 Å². The van der Waals surface area contributed by atoms with Crippen molar-refractivity contribution < 1.29 is 19.0 Å². The molecule has 3 N–H and O–H groups in total. The minimum atomic E-state index is -0.446. The Labute approximate surface area is 123 Å². The van der Waals surface area contributed by atoms with Gasteiger partial charge in [0.2, 0.25) is 0 Å². The summed E-state index contributed by atoms with van der Waals surface area (Å²) in [5.74, 6) is -0.262. The largest absolute Gasteiger partial charge is 0.494 e. The van der Waals surface area contributed by atoms with E-state index in [9.17, 15) is 14.3 Å². The molecule has 1 aliphatic carbocycles. The van der Waals surface area contributed by atoms with Crippen molar-refractivity contribution >= 4 is 6.03 Å². The number of rotatable bonds is 4. The Morgan fingerprint density at radius 1 is 1.38 bits per heavy atom. The molecule has 0 unspecified atom stereocenters. The van der Waals surface area contributed by atoms with Gasteiger partial charge in [0.1, 0.15) is 0 Å². The zero-order chi connectivity index (χ0) is 15.2. The second-order valence-corrected chi connectivity index (χ2v) is 5.30. The van der Waals surface area contributed by atoms with Crippen LogP contribution in [0, 0.1) is 5.82 Å². The highest BCUT2D eigenvalue weighted by Crippen LogP contribution is 2.19. The van der Waals surface area contributed by atoms with E-state index in [2.05, 4.69) is 10.6 Å². The van der Waals surface area contributed by atoms with Gasteiger partial charge in [0.05, 0.1) is 13.2 Å². The van der Waals surface area contributed by atoms with Gasteiger partial charge in [-0.3, -0.25) is 0 Å². The van der Waals surface area contributed by atoms with Crippen LogP contribution in [0.25, 0.3) is 0 Å². The molecule has 0 atom stereocenters. The highest BCUT2D eigenvalue weighted by Gasteiger charge is 2.20. The van der Waals surface area contributed by atoms with Crippen LogP contribution >= 0.6 is 0 Å². The van der Waals surface area contributed by atoms with Crippen LogP contribution in [-0.4, -0.2) is 30.4 Å². The maximum Gasteiger partial charge on any atom is 0.315 e. The summed E-state index contributed by atoms with van der Waals surface area (Å²) >= 11 is 0. The standard InChI is InChI=1S/C15H21FN2O3/c1-21-14-7-2-10(8-13(14)16)9-17-15(20)18-11-3-5-12(19)6-4-11/h2,7-8,11-12,19H,3-6,9H2,1H3,(H2,17,18,20). The first-order chi connectivity index (χ1) is 10.1. The summed E-state index contributed by atoms with van der Waals surface area (Å²) in [6.07, 6.45) is 2.76. The second-order valence-electron chi connectivity index (χ2n) is 5.30. The van der Waals surface area contributed by atoms with E-state index in [-0.39, 0.29) is 30.5 Å². The summed E-state index contributed by atoms with van der Waals surface area (Å²) < 4.78 is 18.3. The maximum atomic E-state index is 13.5. The van der Waals surface area contributed by atoms with Gasteiger partial charge in [0.15, 0.2) is 11.6 Å². The molecule has 2 rings (SSSR count). The molecule has 0 bridgehead atoms. The first-order valence-electron chi connectivity index (χ1n) is 7.13. The van der Waals surface area contributed by atoms with Crippen LogP contribution in [0.4, 0.5) is 9.18 Å². The number of ether oxygens (including phenoxy) is 1. The van der Waals surface area contributed by atoms with Crippen molar-refractivity contribution in [3.8, 4) is 5.75 Å². The van der Waals surface area contributed by atoms with Gasteiger partial charge in [0, 0.05) is 12.6 Å². The lowest BCUT2D eigenvalue weighted by molar-refractivity contribution is 0.117. The summed E-state index contributed by atoms with van der Waals surface area (Å²) in [6, 6.07) is 4.41. The lowest BCUT2D eigenvalue weighted by Crippen LogP contribution is -2.43. The van der Waals surface area contributed by atoms with Crippen molar-refractivity contribution in [3.63, 3.8) is 0 Å². The molecule has 6 heteroatoms. The van der Waals surface area contributed by atoms with Crippen molar-refractivity contribution in [3.05, 3.63) is 29.6 Å². The molecule has 1 aliphatic rings. The van der Waals surface area contributed by atoms with Crippen LogP contribution in [0.2, 0.25) is 0 Å². The molecular formula is C15H21FN2O3. The Morgan fingerprint density at radius 2 is 2.10 bits per heavy atom. The molecule has 0 heterocycles. The molecule has 1 saturated carbocycles. The minimum Gasteiger partial charge on any atom is -0.494 e. The molecule has 21 heavy (non-hydrogen) atoms. The van der Waals surface area contributed by atoms with Gasteiger partial charge in [0.25, 0.3) is 0 Å². The number of urea groups is 1. The Balaban J connectivity index is 1.77. The van der Waals surface area contributed by atoms with Crippen LogP contribution in [0.15, 0.2) is 18.2 Å². The Kier molecular flexibility index (Phi) is 5.38. The molecule has 2 amide bonds. The van der Waals surface area contributed by atoms with Crippen molar-refractivity contribution in [1.82, 2.24) is 10.6 Å². The van der Waals surface area contributed by atoms with Crippen molar-refractivity contribution in [2.45, 2.75) is 44.4 Å². The normalized spacial score (nSPS) is 21.7. The number of methoxy groups -OCH3 is 1. The molecule has 5 nitrogen and oxygen atoms in total. The summed E-state index contributed by atoms with van der Waals surface area (Å²) in [4.78, 5) is 11.8. The van der Waals surface area contributed by atoms with Crippen LogP contribution in [0.3, 0.4) is 0 Å². The molecule has 0 spiro atoms. The highest BCUT2D eigenvalue weighted by molar-refractivity contribution is 5.74. The van der Waals surface area contributed by atoms with Gasteiger partial charge < -0.3 is 20.5 Å².